The molecule has 21 heavy (non-hydrogen) atoms. The fourth-order valence-corrected chi connectivity index (χ4v) is 2.28. The normalized spacial score (nSPS) is 13.4. The molecule has 0 radical (unpaired) electrons. The Morgan fingerprint density at radius 3 is 2.95 bits per heavy atom. The molecular formula is C13H13N5O3. The number of nitrogens with one attached hydrogen (secondary N) is 3. The number of imidazole rings is 1. The smallest absolute Gasteiger partial charge is 0.292 e. The number of carbonyl (C=O) groups excluding carboxylic acids is 1. The molecule has 2 heterocycles. The fraction of sp³-hybridized carbons (Fsp3) is 0.231. The van der Waals surface area contributed by atoms with Gasteiger partial charge in [-0.05, 0) is 18.1 Å². The third kappa shape index (κ3) is 2.69. The molecule has 2 aromatic rings. The van der Waals surface area contributed by atoms with E-state index >= 15 is 0 Å². The van der Waals surface area contributed by atoms with Gasteiger partial charge in [0, 0.05) is 30.6 Å². The number of aromatic amines is 1. The lowest BCUT2D eigenvalue weighted by Gasteiger charge is -2.18. The number of hydrogen-bond acceptors (Lipinski definition) is 5. The fourth-order valence-electron chi connectivity index (χ4n) is 2.28. The summed E-state index contributed by atoms with van der Waals surface area (Å²) in [6, 6.07) is 3.12. The van der Waals surface area contributed by atoms with Gasteiger partial charge in [0.15, 0.2) is 0 Å². The highest BCUT2D eigenvalue weighted by Gasteiger charge is 2.22. The van der Waals surface area contributed by atoms with Crippen molar-refractivity contribution in [3.63, 3.8) is 0 Å². The first-order chi connectivity index (χ1) is 10.1. The maximum absolute atomic E-state index is 11.4. The van der Waals surface area contributed by atoms with E-state index < -0.39 is 4.92 Å². The molecule has 0 saturated heterocycles. The Kier molecular flexibility index (Phi) is 3.27. The number of nitro benzene ring substituents is 1. The van der Waals surface area contributed by atoms with E-state index in [1.54, 1.807) is 18.5 Å². The van der Waals surface area contributed by atoms with Gasteiger partial charge in [-0.2, -0.15) is 0 Å². The monoisotopic (exact) mass is 287 g/mol. The Labute approximate surface area is 119 Å². The summed E-state index contributed by atoms with van der Waals surface area (Å²) in [5, 5.41) is 16.9. The van der Waals surface area contributed by atoms with Crippen LogP contribution in [0, 0.1) is 10.1 Å². The lowest BCUT2D eigenvalue weighted by atomic mass is 10.0. The highest BCUT2D eigenvalue weighted by molar-refractivity contribution is 5.95. The first kappa shape index (κ1) is 13.1. The molecule has 1 aromatic carbocycles. The topological polar surface area (TPSA) is 113 Å². The van der Waals surface area contributed by atoms with Gasteiger partial charge in [0.25, 0.3) is 5.69 Å². The summed E-state index contributed by atoms with van der Waals surface area (Å²) < 4.78 is 0. The van der Waals surface area contributed by atoms with Crippen LogP contribution in [0.2, 0.25) is 0 Å². The van der Waals surface area contributed by atoms with E-state index in [0.29, 0.717) is 36.6 Å². The van der Waals surface area contributed by atoms with Crippen LogP contribution < -0.4 is 10.6 Å². The van der Waals surface area contributed by atoms with Crippen molar-refractivity contribution in [3.8, 4) is 0 Å². The number of H-pyrrole nitrogens is 1. The van der Waals surface area contributed by atoms with Crippen molar-refractivity contribution in [2.75, 3.05) is 10.6 Å². The first-order valence-electron chi connectivity index (χ1n) is 6.47. The van der Waals surface area contributed by atoms with E-state index in [0.717, 1.165) is 5.56 Å². The molecule has 1 aliphatic heterocycles. The lowest BCUT2D eigenvalue weighted by Crippen LogP contribution is -2.19. The summed E-state index contributed by atoms with van der Waals surface area (Å²) in [7, 11) is 0. The number of aryl methyl sites for hydroxylation is 1. The number of hydrogen-bond donors (Lipinski definition) is 3. The summed E-state index contributed by atoms with van der Waals surface area (Å²) in [4.78, 5) is 29.1. The quantitative estimate of drug-likeness (QED) is 0.586. The van der Waals surface area contributed by atoms with Crippen molar-refractivity contribution in [1.82, 2.24) is 9.97 Å². The number of carbonyl (C=O) groups is 1. The van der Waals surface area contributed by atoms with Gasteiger partial charge in [0.1, 0.15) is 11.5 Å². The molecule has 0 fully saturated rings. The number of nitro groups is 1. The van der Waals surface area contributed by atoms with Crippen LogP contribution >= 0.6 is 0 Å². The second kappa shape index (κ2) is 5.23. The molecule has 108 valence electrons. The van der Waals surface area contributed by atoms with Gasteiger partial charge in [-0.3, -0.25) is 14.9 Å². The minimum absolute atomic E-state index is 0.00328. The van der Waals surface area contributed by atoms with Crippen molar-refractivity contribution in [3.05, 3.63) is 46.0 Å². The number of amides is 1. The van der Waals surface area contributed by atoms with Gasteiger partial charge in [-0.1, -0.05) is 0 Å². The number of benzene rings is 1. The number of fused-ring (bicyclic) bond motifs is 1. The highest BCUT2D eigenvalue weighted by atomic mass is 16.6. The third-order valence-corrected chi connectivity index (χ3v) is 3.31. The Bertz CT molecular complexity index is 696. The largest absolute Gasteiger partial charge is 0.372 e. The van der Waals surface area contributed by atoms with Crippen LogP contribution in [0.4, 0.5) is 17.1 Å². The molecule has 0 aliphatic carbocycles. The van der Waals surface area contributed by atoms with Gasteiger partial charge in [-0.25, -0.2) is 4.98 Å². The molecule has 0 atom stereocenters. The van der Waals surface area contributed by atoms with Crippen molar-refractivity contribution in [1.29, 1.82) is 0 Å². The van der Waals surface area contributed by atoms with Crippen LogP contribution in [0.3, 0.4) is 0 Å². The van der Waals surface area contributed by atoms with Gasteiger partial charge in [0.05, 0.1) is 11.5 Å². The predicted molar refractivity (Wildman–Crippen MR) is 76.0 cm³/mol. The summed E-state index contributed by atoms with van der Waals surface area (Å²) >= 11 is 0. The van der Waals surface area contributed by atoms with E-state index in [1.165, 1.54) is 6.07 Å². The van der Waals surface area contributed by atoms with E-state index in [1.807, 2.05) is 0 Å². The van der Waals surface area contributed by atoms with E-state index in [2.05, 4.69) is 20.6 Å². The summed E-state index contributed by atoms with van der Waals surface area (Å²) in [5.41, 5.74) is 1.76. The zero-order valence-corrected chi connectivity index (χ0v) is 11.0. The molecule has 0 unspecified atom stereocenters. The van der Waals surface area contributed by atoms with Crippen LogP contribution in [0.5, 0.6) is 0 Å². The number of nitrogens with zero attached hydrogens (tertiary/aromatic N) is 2. The molecule has 1 aliphatic rings. The molecule has 1 amide bonds. The maximum atomic E-state index is 11.4. The molecule has 0 bridgehead atoms. The van der Waals surface area contributed by atoms with Gasteiger partial charge in [0.2, 0.25) is 5.91 Å². The molecule has 0 saturated carbocycles. The molecule has 3 N–H and O–H groups in total. The molecule has 0 spiro atoms. The van der Waals surface area contributed by atoms with E-state index in [-0.39, 0.29) is 11.6 Å². The number of aromatic nitrogens is 2. The summed E-state index contributed by atoms with van der Waals surface area (Å²) in [6.45, 7) is 0.334. The Morgan fingerprint density at radius 1 is 1.38 bits per heavy atom. The Hall–Kier alpha value is -2.90. The van der Waals surface area contributed by atoms with E-state index in [4.69, 9.17) is 0 Å². The SMILES string of the molecule is O=C1CCc2cc([N+](=O)[O-])c(NCc3ncc[nH]3)cc2N1. The van der Waals surface area contributed by atoms with Crippen molar-refractivity contribution >= 4 is 23.0 Å². The minimum atomic E-state index is -0.429. The number of rotatable bonds is 4. The maximum Gasteiger partial charge on any atom is 0.292 e. The van der Waals surface area contributed by atoms with Gasteiger partial charge >= 0.3 is 0 Å². The zero-order valence-electron chi connectivity index (χ0n) is 11.0. The summed E-state index contributed by atoms with van der Waals surface area (Å²) in [6.07, 6.45) is 4.15. The van der Waals surface area contributed by atoms with Crippen molar-refractivity contribution in [2.45, 2.75) is 19.4 Å². The Morgan fingerprint density at radius 2 is 2.24 bits per heavy atom. The van der Waals surface area contributed by atoms with Gasteiger partial charge in [-0.15, -0.1) is 0 Å². The molecule has 3 rings (SSSR count). The standard InChI is InChI=1S/C13H13N5O3/c19-13-2-1-8-5-11(18(20)21)10(6-9(8)17-13)16-7-12-14-3-4-15-12/h3-6,16H,1-2,7H2,(H,14,15)(H,17,19). The number of anilines is 2. The predicted octanol–water partition coefficient (Wildman–Crippen LogP) is 1.81. The highest BCUT2D eigenvalue weighted by Crippen LogP contribution is 2.34. The lowest BCUT2D eigenvalue weighted by molar-refractivity contribution is -0.384. The van der Waals surface area contributed by atoms with Crippen molar-refractivity contribution < 1.29 is 9.72 Å². The molecule has 8 nitrogen and oxygen atoms in total. The summed E-state index contributed by atoms with van der Waals surface area (Å²) in [5.74, 6) is 0.597. The molecular weight excluding hydrogens is 274 g/mol. The molecule has 1 aromatic heterocycles. The van der Waals surface area contributed by atoms with Crippen LogP contribution in [0.25, 0.3) is 0 Å². The van der Waals surface area contributed by atoms with Gasteiger partial charge < -0.3 is 15.6 Å². The Balaban J connectivity index is 1.91. The zero-order chi connectivity index (χ0) is 14.8. The second-order valence-electron chi connectivity index (χ2n) is 4.72. The second-order valence-corrected chi connectivity index (χ2v) is 4.72. The minimum Gasteiger partial charge on any atom is -0.372 e. The van der Waals surface area contributed by atoms with Crippen molar-refractivity contribution in [2.24, 2.45) is 0 Å². The first-order valence-corrected chi connectivity index (χ1v) is 6.47. The van der Waals surface area contributed by atoms with Crippen LogP contribution in [0.15, 0.2) is 24.5 Å². The van der Waals surface area contributed by atoms with Crippen LogP contribution in [0.1, 0.15) is 17.8 Å². The van der Waals surface area contributed by atoms with Crippen LogP contribution in [-0.2, 0) is 17.8 Å². The third-order valence-electron chi connectivity index (χ3n) is 3.31. The molecule has 8 heteroatoms. The van der Waals surface area contributed by atoms with Crippen LogP contribution in [-0.4, -0.2) is 20.8 Å². The van der Waals surface area contributed by atoms with E-state index in [9.17, 15) is 14.9 Å². The average molecular weight is 287 g/mol. The average Bonchev–Trinajstić information content (AvgIpc) is 2.97.